The van der Waals surface area contributed by atoms with Gasteiger partial charge in [-0.25, -0.2) is 4.39 Å². The molecule has 1 aromatic rings. The third kappa shape index (κ3) is 3.25. The first-order valence-electron chi connectivity index (χ1n) is 5.30. The van der Waals surface area contributed by atoms with Crippen LogP contribution in [0.25, 0.3) is 0 Å². The number of hydrogen-bond donors (Lipinski definition) is 2. The van der Waals surface area contributed by atoms with E-state index in [2.05, 4.69) is 5.32 Å². The van der Waals surface area contributed by atoms with Gasteiger partial charge in [-0.2, -0.15) is 0 Å². The van der Waals surface area contributed by atoms with E-state index in [9.17, 15) is 9.18 Å². The molecule has 0 aromatic heterocycles. The van der Waals surface area contributed by atoms with Gasteiger partial charge in [0.15, 0.2) is 0 Å². The van der Waals surface area contributed by atoms with Crippen molar-refractivity contribution in [2.24, 2.45) is 5.73 Å². The van der Waals surface area contributed by atoms with Crippen molar-refractivity contribution in [3.63, 3.8) is 0 Å². The minimum absolute atomic E-state index is 0.166. The molecule has 0 heterocycles. The van der Waals surface area contributed by atoms with E-state index >= 15 is 0 Å². The summed E-state index contributed by atoms with van der Waals surface area (Å²) in [4.78, 5) is 11.3. The van der Waals surface area contributed by atoms with Crippen LogP contribution in [0.3, 0.4) is 0 Å². The van der Waals surface area contributed by atoms with Crippen molar-refractivity contribution in [3.8, 4) is 0 Å². The van der Waals surface area contributed by atoms with E-state index in [4.69, 9.17) is 10.5 Å². The molecular weight excluding hydrogens is 223 g/mol. The van der Waals surface area contributed by atoms with Gasteiger partial charge < -0.3 is 15.8 Å². The quantitative estimate of drug-likeness (QED) is 0.808. The van der Waals surface area contributed by atoms with Crippen LogP contribution in [0.5, 0.6) is 0 Å². The average molecular weight is 240 g/mol. The number of ether oxygens (including phenoxy) is 1. The highest BCUT2D eigenvalue weighted by Crippen LogP contribution is 2.20. The zero-order valence-electron chi connectivity index (χ0n) is 9.94. The molecule has 17 heavy (non-hydrogen) atoms. The second-order valence-electron chi connectivity index (χ2n) is 3.68. The molecule has 0 saturated heterocycles. The first-order valence-corrected chi connectivity index (χ1v) is 5.30. The summed E-state index contributed by atoms with van der Waals surface area (Å²) in [5, 5.41) is 2.52. The number of carbonyl (C=O) groups excluding carboxylic acids is 1. The topological polar surface area (TPSA) is 64.3 Å². The van der Waals surface area contributed by atoms with E-state index < -0.39 is 18.8 Å². The summed E-state index contributed by atoms with van der Waals surface area (Å²) in [5.74, 6) is -0.166. The Bertz CT molecular complexity index is 367. The Balaban J connectivity index is 2.88. The molecule has 0 bridgehead atoms. The number of nitrogens with one attached hydrogen (secondary N) is 1. The summed E-state index contributed by atoms with van der Waals surface area (Å²) in [5.41, 5.74) is 6.90. The molecule has 0 saturated carbocycles. The fourth-order valence-corrected chi connectivity index (χ4v) is 1.61. The summed E-state index contributed by atoms with van der Waals surface area (Å²) >= 11 is 0. The van der Waals surface area contributed by atoms with Gasteiger partial charge in [-0.3, -0.25) is 4.79 Å². The maximum atomic E-state index is 12.5. The Morgan fingerprint density at radius 3 is 2.47 bits per heavy atom. The monoisotopic (exact) mass is 240 g/mol. The molecule has 3 N–H and O–H groups in total. The van der Waals surface area contributed by atoms with Crippen molar-refractivity contribution < 1.29 is 13.9 Å². The van der Waals surface area contributed by atoms with E-state index in [1.165, 1.54) is 7.11 Å². The molecule has 2 atom stereocenters. The second kappa shape index (κ2) is 6.32. The molecule has 0 aliphatic carbocycles. The normalized spacial score (nSPS) is 14.1. The molecule has 1 rings (SSSR count). The Hall–Kier alpha value is -1.46. The molecule has 4 nitrogen and oxygen atoms in total. The van der Waals surface area contributed by atoms with Crippen molar-refractivity contribution in [1.29, 1.82) is 0 Å². The first-order chi connectivity index (χ1) is 8.13. The lowest BCUT2D eigenvalue weighted by molar-refractivity contribution is 0.0720. The predicted octanol–water partition coefficient (Wildman–Crippen LogP) is 1.03. The number of methoxy groups -OCH3 is 1. The SMILES string of the molecule is CNC(=O)c1ccc(C(OC)C(N)CF)cc1. The molecule has 0 aliphatic rings. The zero-order valence-corrected chi connectivity index (χ0v) is 9.94. The lowest BCUT2D eigenvalue weighted by Gasteiger charge is -2.20. The van der Waals surface area contributed by atoms with E-state index in [1.54, 1.807) is 31.3 Å². The average Bonchev–Trinajstić information content (AvgIpc) is 2.39. The molecule has 0 radical (unpaired) electrons. The van der Waals surface area contributed by atoms with Gasteiger partial charge in [0.2, 0.25) is 0 Å². The van der Waals surface area contributed by atoms with E-state index in [1.807, 2.05) is 0 Å². The third-order valence-electron chi connectivity index (χ3n) is 2.55. The summed E-state index contributed by atoms with van der Waals surface area (Å²) < 4.78 is 17.7. The van der Waals surface area contributed by atoms with Gasteiger partial charge in [-0.05, 0) is 17.7 Å². The fraction of sp³-hybridized carbons (Fsp3) is 0.417. The molecule has 2 unspecified atom stereocenters. The number of nitrogens with two attached hydrogens (primary N) is 1. The van der Waals surface area contributed by atoms with Crippen LogP contribution in [-0.4, -0.2) is 32.8 Å². The van der Waals surface area contributed by atoms with Crippen molar-refractivity contribution in [2.75, 3.05) is 20.8 Å². The van der Waals surface area contributed by atoms with Crippen LogP contribution in [0.1, 0.15) is 22.0 Å². The lowest BCUT2D eigenvalue weighted by atomic mass is 10.0. The molecule has 1 aromatic carbocycles. The Morgan fingerprint density at radius 1 is 1.47 bits per heavy atom. The highest BCUT2D eigenvalue weighted by molar-refractivity contribution is 5.93. The molecular formula is C12H17FN2O2. The van der Waals surface area contributed by atoms with Gasteiger partial charge in [-0.1, -0.05) is 12.1 Å². The molecule has 0 fully saturated rings. The van der Waals surface area contributed by atoms with Crippen molar-refractivity contribution in [1.82, 2.24) is 5.32 Å². The Labute approximate surface area is 100.0 Å². The maximum absolute atomic E-state index is 12.5. The number of amides is 1. The van der Waals surface area contributed by atoms with Gasteiger partial charge in [0.25, 0.3) is 5.91 Å². The number of hydrogen-bond acceptors (Lipinski definition) is 3. The summed E-state index contributed by atoms with van der Waals surface area (Å²) in [7, 11) is 3.04. The van der Waals surface area contributed by atoms with E-state index in [0.717, 1.165) is 5.56 Å². The summed E-state index contributed by atoms with van der Waals surface area (Å²) in [6, 6.07) is 6.05. The minimum Gasteiger partial charge on any atom is -0.375 e. The molecule has 0 aliphatic heterocycles. The zero-order chi connectivity index (χ0) is 12.8. The summed E-state index contributed by atoms with van der Waals surface area (Å²) in [6.07, 6.45) is -0.501. The Kier molecular flexibility index (Phi) is 5.06. The number of benzene rings is 1. The van der Waals surface area contributed by atoms with Crippen LogP contribution in [0.2, 0.25) is 0 Å². The van der Waals surface area contributed by atoms with Crippen LogP contribution in [0.4, 0.5) is 4.39 Å². The van der Waals surface area contributed by atoms with Crippen molar-refractivity contribution in [2.45, 2.75) is 12.1 Å². The fourth-order valence-electron chi connectivity index (χ4n) is 1.61. The molecule has 94 valence electrons. The van der Waals surface area contributed by atoms with Crippen molar-refractivity contribution in [3.05, 3.63) is 35.4 Å². The lowest BCUT2D eigenvalue weighted by Crippen LogP contribution is -2.31. The first kappa shape index (κ1) is 13.6. The molecule has 1 amide bonds. The predicted molar refractivity (Wildman–Crippen MR) is 63.5 cm³/mol. The maximum Gasteiger partial charge on any atom is 0.251 e. The largest absolute Gasteiger partial charge is 0.375 e. The number of rotatable bonds is 5. The number of alkyl halides is 1. The highest BCUT2D eigenvalue weighted by atomic mass is 19.1. The minimum atomic E-state index is -0.703. The Morgan fingerprint density at radius 2 is 2.06 bits per heavy atom. The van der Waals surface area contributed by atoms with Crippen LogP contribution in [0, 0.1) is 0 Å². The second-order valence-corrected chi connectivity index (χ2v) is 3.68. The summed E-state index contributed by atoms with van der Waals surface area (Å²) in [6.45, 7) is -0.657. The standard InChI is InChI=1S/C12H17FN2O2/c1-15-12(16)9-5-3-8(4-6-9)11(17-2)10(14)7-13/h3-6,10-11H,7,14H2,1-2H3,(H,15,16). The van der Waals surface area contributed by atoms with E-state index in [0.29, 0.717) is 5.56 Å². The van der Waals surface area contributed by atoms with Crippen LogP contribution >= 0.6 is 0 Å². The van der Waals surface area contributed by atoms with Crippen molar-refractivity contribution >= 4 is 5.91 Å². The van der Waals surface area contributed by atoms with Gasteiger partial charge in [0, 0.05) is 19.7 Å². The number of carbonyl (C=O) groups is 1. The van der Waals surface area contributed by atoms with Crippen LogP contribution < -0.4 is 11.1 Å². The van der Waals surface area contributed by atoms with Gasteiger partial charge in [-0.15, -0.1) is 0 Å². The van der Waals surface area contributed by atoms with E-state index in [-0.39, 0.29) is 5.91 Å². The van der Waals surface area contributed by atoms with Crippen LogP contribution in [-0.2, 0) is 4.74 Å². The molecule has 0 spiro atoms. The van der Waals surface area contributed by atoms with Gasteiger partial charge in [0.1, 0.15) is 6.67 Å². The smallest absolute Gasteiger partial charge is 0.251 e. The highest BCUT2D eigenvalue weighted by Gasteiger charge is 2.19. The van der Waals surface area contributed by atoms with Gasteiger partial charge in [0.05, 0.1) is 12.1 Å². The third-order valence-corrected chi connectivity index (χ3v) is 2.55. The van der Waals surface area contributed by atoms with Gasteiger partial charge >= 0.3 is 0 Å². The number of halogens is 1. The molecule has 5 heteroatoms. The van der Waals surface area contributed by atoms with Crippen LogP contribution in [0.15, 0.2) is 24.3 Å².